The molecule has 2 rings (SSSR count). The molecule has 2 heteroatoms. The maximum Gasteiger partial charge on any atom is 0.0346 e. The van der Waals surface area contributed by atoms with E-state index in [2.05, 4.69) is 52.1 Å². The molecule has 15 heavy (non-hydrogen) atoms. The lowest BCUT2D eigenvalue weighted by molar-refractivity contribution is 0.666. The maximum absolute atomic E-state index is 4.14. The van der Waals surface area contributed by atoms with E-state index in [1.165, 1.54) is 16.3 Å². The Morgan fingerprint density at radius 3 is 3.00 bits per heavy atom. The van der Waals surface area contributed by atoms with Crippen molar-refractivity contribution >= 4 is 26.7 Å². The molecular formula is C13H14BrN. The first-order chi connectivity index (χ1) is 7.31. The van der Waals surface area contributed by atoms with Crippen molar-refractivity contribution in [2.45, 2.75) is 13.3 Å². The van der Waals surface area contributed by atoms with Crippen LogP contribution in [-0.4, -0.2) is 10.3 Å². The van der Waals surface area contributed by atoms with Gasteiger partial charge in [0.1, 0.15) is 0 Å². The van der Waals surface area contributed by atoms with Crippen LogP contribution < -0.4 is 0 Å². The molecular weight excluding hydrogens is 250 g/mol. The summed E-state index contributed by atoms with van der Waals surface area (Å²) in [6.45, 7) is 2.26. The highest BCUT2D eigenvalue weighted by Gasteiger charge is 2.05. The van der Waals surface area contributed by atoms with Crippen LogP contribution >= 0.6 is 15.9 Å². The highest BCUT2D eigenvalue weighted by molar-refractivity contribution is 9.09. The van der Waals surface area contributed by atoms with Crippen LogP contribution in [0.2, 0.25) is 0 Å². The van der Waals surface area contributed by atoms with Crippen molar-refractivity contribution in [2.75, 3.05) is 5.33 Å². The maximum atomic E-state index is 4.14. The van der Waals surface area contributed by atoms with Crippen molar-refractivity contribution in [2.24, 2.45) is 5.92 Å². The molecule has 0 spiro atoms. The summed E-state index contributed by atoms with van der Waals surface area (Å²) in [6, 6.07) is 8.54. The summed E-state index contributed by atoms with van der Waals surface area (Å²) < 4.78 is 0. The number of hydrogen-bond donors (Lipinski definition) is 0. The monoisotopic (exact) mass is 263 g/mol. The normalized spacial score (nSPS) is 12.9. The molecule has 0 fully saturated rings. The summed E-state index contributed by atoms with van der Waals surface area (Å²) in [5, 5.41) is 3.62. The smallest absolute Gasteiger partial charge is 0.0346 e. The standard InChI is InChI=1S/C13H14BrN/c1-10(8-14)7-11-3-2-4-12-9-15-6-5-13(11)12/h2-6,9-10H,7-8H2,1H3. The molecule has 1 nitrogen and oxygen atoms in total. The largest absolute Gasteiger partial charge is 0.264 e. The van der Waals surface area contributed by atoms with E-state index >= 15 is 0 Å². The second kappa shape index (κ2) is 4.75. The van der Waals surface area contributed by atoms with Crippen LogP contribution in [-0.2, 0) is 6.42 Å². The molecule has 1 heterocycles. The Kier molecular flexibility index (Phi) is 3.37. The van der Waals surface area contributed by atoms with Crippen molar-refractivity contribution in [1.29, 1.82) is 0 Å². The van der Waals surface area contributed by atoms with Gasteiger partial charge in [-0.15, -0.1) is 0 Å². The quantitative estimate of drug-likeness (QED) is 0.768. The van der Waals surface area contributed by atoms with Gasteiger partial charge in [-0.25, -0.2) is 0 Å². The molecule has 0 saturated heterocycles. The van der Waals surface area contributed by atoms with Crippen LogP contribution in [0.3, 0.4) is 0 Å². The Balaban J connectivity index is 2.42. The fraction of sp³-hybridized carbons (Fsp3) is 0.308. The zero-order valence-corrected chi connectivity index (χ0v) is 10.4. The first-order valence-electron chi connectivity index (χ1n) is 5.19. The lowest BCUT2D eigenvalue weighted by Gasteiger charge is -2.10. The average molecular weight is 264 g/mol. The van der Waals surface area contributed by atoms with Crippen LogP contribution in [0.15, 0.2) is 36.7 Å². The summed E-state index contributed by atoms with van der Waals surface area (Å²) >= 11 is 3.52. The second-order valence-electron chi connectivity index (χ2n) is 3.98. The Labute approximate surface area is 98.7 Å². The van der Waals surface area contributed by atoms with Crippen LogP contribution in [0, 0.1) is 5.92 Å². The number of halogens is 1. The molecule has 1 aromatic carbocycles. The fourth-order valence-electron chi connectivity index (χ4n) is 1.80. The first kappa shape index (κ1) is 10.6. The van der Waals surface area contributed by atoms with Gasteiger partial charge in [0.2, 0.25) is 0 Å². The number of alkyl halides is 1. The lowest BCUT2D eigenvalue weighted by Crippen LogP contribution is -2.01. The van der Waals surface area contributed by atoms with E-state index in [4.69, 9.17) is 0 Å². The molecule has 1 unspecified atom stereocenters. The van der Waals surface area contributed by atoms with Gasteiger partial charge >= 0.3 is 0 Å². The van der Waals surface area contributed by atoms with Crippen molar-refractivity contribution in [3.63, 3.8) is 0 Å². The van der Waals surface area contributed by atoms with Gasteiger partial charge in [-0.1, -0.05) is 41.1 Å². The van der Waals surface area contributed by atoms with E-state index in [9.17, 15) is 0 Å². The summed E-state index contributed by atoms with van der Waals surface area (Å²) in [4.78, 5) is 4.14. The van der Waals surface area contributed by atoms with E-state index in [0.717, 1.165) is 11.8 Å². The molecule has 0 amide bonds. The summed E-state index contributed by atoms with van der Waals surface area (Å²) in [5.41, 5.74) is 1.42. The molecule has 0 aliphatic carbocycles. The number of rotatable bonds is 3. The molecule has 0 radical (unpaired) electrons. The molecule has 0 N–H and O–H groups in total. The third-order valence-corrected chi connectivity index (χ3v) is 3.71. The van der Waals surface area contributed by atoms with Crippen molar-refractivity contribution in [3.05, 3.63) is 42.2 Å². The van der Waals surface area contributed by atoms with Gasteiger partial charge < -0.3 is 0 Å². The summed E-state index contributed by atoms with van der Waals surface area (Å²) in [6.07, 6.45) is 4.91. The van der Waals surface area contributed by atoms with Gasteiger partial charge in [0.25, 0.3) is 0 Å². The predicted octanol–water partition coefficient (Wildman–Crippen LogP) is 3.81. The van der Waals surface area contributed by atoms with Crippen LogP contribution in [0.5, 0.6) is 0 Å². The predicted molar refractivity (Wildman–Crippen MR) is 68.4 cm³/mol. The minimum atomic E-state index is 0.670. The number of aromatic nitrogens is 1. The van der Waals surface area contributed by atoms with Gasteiger partial charge in [-0.2, -0.15) is 0 Å². The van der Waals surface area contributed by atoms with E-state index in [1.54, 1.807) is 0 Å². The number of hydrogen-bond acceptors (Lipinski definition) is 1. The molecule has 78 valence electrons. The van der Waals surface area contributed by atoms with Crippen LogP contribution in [0.4, 0.5) is 0 Å². The summed E-state index contributed by atoms with van der Waals surface area (Å²) in [5.74, 6) is 0.670. The fourth-order valence-corrected chi connectivity index (χ4v) is 2.03. The third kappa shape index (κ3) is 2.37. The summed E-state index contributed by atoms with van der Waals surface area (Å²) in [7, 11) is 0. The van der Waals surface area contributed by atoms with Gasteiger partial charge in [-0.3, -0.25) is 4.98 Å². The van der Waals surface area contributed by atoms with E-state index in [1.807, 2.05) is 12.4 Å². The van der Waals surface area contributed by atoms with Gasteiger partial charge in [0.05, 0.1) is 0 Å². The second-order valence-corrected chi connectivity index (χ2v) is 4.63. The van der Waals surface area contributed by atoms with E-state index in [0.29, 0.717) is 5.92 Å². The molecule has 1 atom stereocenters. The number of fused-ring (bicyclic) bond motifs is 1. The Hall–Kier alpha value is -0.890. The van der Waals surface area contributed by atoms with Gasteiger partial charge in [0, 0.05) is 23.1 Å². The minimum absolute atomic E-state index is 0.670. The first-order valence-corrected chi connectivity index (χ1v) is 6.31. The SMILES string of the molecule is CC(CBr)Cc1cccc2cnccc12. The van der Waals surface area contributed by atoms with Gasteiger partial charge in [-0.05, 0) is 29.4 Å². The molecule has 2 aromatic rings. The molecule has 0 aliphatic heterocycles. The highest BCUT2D eigenvalue weighted by atomic mass is 79.9. The molecule has 1 aromatic heterocycles. The molecule has 0 aliphatic rings. The molecule has 0 bridgehead atoms. The van der Waals surface area contributed by atoms with E-state index in [-0.39, 0.29) is 0 Å². The number of benzene rings is 1. The van der Waals surface area contributed by atoms with Crippen molar-refractivity contribution in [1.82, 2.24) is 4.98 Å². The lowest BCUT2D eigenvalue weighted by atomic mass is 9.98. The average Bonchev–Trinajstić information content (AvgIpc) is 2.29. The minimum Gasteiger partial charge on any atom is -0.264 e. The molecule has 0 saturated carbocycles. The zero-order valence-electron chi connectivity index (χ0n) is 8.78. The van der Waals surface area contributed by atoms with Crippen LogP contribution in [0.25, 0.3) is 10.8 Å². The van der Waals surface area contributed by atoms with Crippen LogP contribution in [0.1, 0.15) is 12.5 Å². The topological polar surface area (TPSA) is 12.9 Å². The zero-order chi connectivity index (χ0) is 10.7. The Morgan fingerprint density at radius 1 is 1.33 bits per heavy atom. The highest BCUT2D eigenvalue weighted by Crippen LogP contribution is 2.20. The van der Waals surface area contributed by atoms with Crippen molar-refractivity contribution < 1.29 is 0 Å². The Morgan fingerprint density at radius 2 is 2.20 bits per heavy atom. The third-order valence-electron chi connectivity index (χ3n) is 2.60. The van der Waals surface area contributed by atoms with E-state index < -0.39 is 0 Å². The van der Waals surface area contributed by atoms with Crippen molar-refractivity contribution in [3.8, 4) is 0 Å². The van der Waals surface area contributed by atoms with Gasteiger partial charge in [0.15, 0.2) is 0 Å². The Bertz CT molecular complexity index is 448. The number of nitrogens with zero attached hydrogens (tertiary/aromatic N) is 1. The number of pyridine rings is 1.